The summed E-state index contributed by atoms with van der Waals surface area (Å²) in [5, 5.41) is 28.2. The second-order valence-electron chi connectivity index (χ2n) is 5.01. The molecule has 0 spiro atoms. The van der Waals surface area contributed by atoms with Crippen LogP contribution in [0.5, 0.6) is 0 Å². The summed E-state index contributed by atoms with van der Waals surface area (Å²) >= 11 is 1.15. The third kappa shape index (κ3) is 9.74. The lowest BCUT2D eigenvalue weighted by atomic mass is 10.0. The van der Waals surface area contributed by atoms with Crippen LogP contribution in [0.4, 0.5) is 0 Å². The first-order chi connectivity index (χ1) is 8.47. The molecule has 2 atom stereocenters. The number of hydrogen-bond donors (Lipinski definition) is 2. The van der Waals surface area contributed by atoms with Gasteiger partial charge in [-0.2, -0.15) is 0 Å². The van der Waals surface area contributed by atoms with Crippen LogP contribution in [0.2, 0.25) is 0 Å². The van der Waals surface area contributed by atoms with Gasteiger partial charge in [-0.15, -0.1) is 11.8 Å². The van der Waals surface area contributed by atoms with Crippen molar-refractivity contribution in [3.8, 4) is 0 Å². The Labute approximate surface area is 114 Å². The molecule has 0 heterocycles. The number of aliphatic hydroxyl groups is 2. The smallest absolute Gasteiger partial charge is 0.0861 e. The van der Waals surface area contributed by atoms with Gasteiger partial charge in [-0.1, -0.05) is 39.5 Å². The van der Waals surface area contributed by atoms with Gasteiger partial charge in [-0.05, 0) is 12.3 Å². The zero-order valence-electron chi connectivity index (χ0n) is 11.3. The molecular weight excluding hydrogens is 252 g/mol. The number of unbranched alkanes of at least 4 members (excludes halogenated alkanes) is 2. The number of aliphatic carboxylic acids is 1. The number of hydrogen-bond acceptors (Lipinski definition) is 5. The van der Waals surface area contributed by atoms with Gasteiger partial charge in [0.25, 0.3) is 0 Å². The van der Waals surface area contributed by atoms with Gasteiger partial charge in [-0.3, -0.25) is 0 Å². The van der Waals surface area contributed by atoms with E-state index in [2.05, 4.69) is 13.8 Å². The van der Waals surface area contributed by atoms with E-state index < -0.39 is 17.3 Å². The Morgan fingerprint density at radius 1 is 1.22 bits per heavy atom. The monoisotopic (exact) mass is 277 g/mol. The maximum absolute atomic E-state index is 10.9. The predicted molar refractivity (Wildman–Crippen MR) is 72.3 cm³/mol. The molecule has 18 heavy (non-hydrogen) atoms. The van der Waals surface area contributed by atoms with Crippen molar-refractivity contribution in [2.45, 2.75) is 57.3 Å². The summed E-state index contributed by atoms with van der Waals surface area (Å²) in [6.45, 7) is 4.02. The van der Waals surface area contributed by atoms with Gasteiger partial charge in [0.05, 0.1) is 18.7 Å². The van der Waals surface area contributed by atoms with E-state index in [0.29, 0.717) is 12.3 Å². The second-order valence-corrected chi connectivity index (χ2v) is 6.24. The molecule has 0 rings (SSSR count). The van der Waals surface area contributed by atoms with E-state index in [1.807, 2.05) is 0 Å². The molecule has 0 aromatic heterocycles. The number of aliphatic hydroxyl groups excluding tert-OH is 2. The Kier molecular flexibility index (Phi) is 10.5. The van der Waals surface area contributed by atoms with Gasteiger partial charge in [0, 0.05) is 11.0 Å². The molecule has 2 N–H and O–H groups in total. The van der Waals surface area contributed by atoms with Gasteiger partial charge < -0.3 is 20.1 Å². The minimum absolute atomic E-state index is 0.237. The van der Waals surface area contributed by atoms with Crippen LogP contribution >= 0.6 is 11.8 Å². The Balaban J connectivity index is 3.74. The van der Waals surface area contributed by atoms with Crippen LogP contribution in [0, 0.1) is 5.92 Å². The fourth-order valence-electron chi connectivity index (χ4n) is 1.61. The average Bonchev–Trinajstić information content (AvgIpc) is 2.31. The summed E-state index contributed by atoms with van der Waals surface area (Å²) in [5.41, 5.74) is 0. The highest BCUT2D eigenvalue weighted by Gasteiger charge is 2.13. The van der Waals surface area contributed by atoms with E-state index in [0.717, 1.165) is 31.0 Å². The maximum Gasteiger partial charge on any atom is 0.0861 e. The highest BCUT2D eigenvalue weighted by Crippen LogP contribution is 2.19. The molecule has 0 fully saturated rings. The molecule has 0 saturated heterocycles. The van der Waals surface area contributed by atoms with Crippen molar-refractivity contribution < 1.29 is 20.1 Å². The molecule has 0 aliphatic carbocycles. The van der Waals surface area contributed by atoms with Crippen LogP contribution in [0.15, 0.2) is 0 Å². The first-order valence-electron chi connectivity index (χ1n) is 6.58. The third-order valence-corrected chi connectivity index (χ3v) is 4.12. The normalized spacial score (nSPS) is 14.7. The molecule has 0 saturated carbocycles. The predicted octanol–water partition coefficient (Wildman–Crippen LogP) is 0.798. The topological polar surface area (TPSA) is 80.6 Å². The van der Waals surface area contributed by atoms with E-state index in [1.54, 1.807) is 0 Å². The fraction of sp³-hybridized carbons (Fsp3) is 0.923. The first-order valence-corrected chi connectivity index (χ1v) is 7.63. The fourth-order valence-corrected chi connectivity index (χ4v) is 2.64. The van der Waals surface area contributed by atoms with Gasteiger partial charge >= 0.3 is 0 Å². The lowest BCUT2D eigenvalue weighted by molar-refractivity contribution is -0.304. The van der Waals surface area contributed by atoms with E-state index in [-0.39, 0.29) is 12.4 Å². The van der Waals surface area contributed by atoms with E-state index in [1.165, 1.54) is 6.42 Å². The molecule has 2 unspecified atom stereocenters. The third-order valence-electron chi connectivity index (χ3n) is 2.71. The number of carbonyl (C=O) groups is 1. The summed E-state index contributed by atoms with van der Waals surface area (Å²) in [6.07, 6.45) is 3.92. The molecule has 5 heteroatoms. The van der Waals surface area contributed by atoms with Crippen molar-refractivity contribution in [3.05, 3.63) is 0 Å². The number of carbonyl (C=O) groups excluding carboxylic acids is 1. The van der Waals surface area contributed by atoms with Crippen molar-refractivity contribution >= 4 is 17.7 Å². The zero-order valence-corrected chi connectivity index (χ0v) is 12.1. The van der Waals surface area contributed by atoms with Crippen molar-refractivity contribution in [2.75, 3.05) is 12.4 Å². The summed E-state index contributed by atoms with van der Waals surface area (Å²) in [7, 11) is 0. The van der Waals surface area contributed by atoms with E-state index in [4.69, 9.17) is 5.11 Å². The van der Waals surface area contributed by atoms with Gasteiger partial charge in [-0.25, -0.2) is 0 Å². The molecule has 0 bridgehead atoms. The summed E-state index contributed by atoms with van der Waals surface area (Å²) in [4.78, 5) is 10.9. The quantitative estimate of drug-likeness (QED) is 0.546. The average molecular weight is 277 g/mol. The highest BCUT2D eigenvalue weighted by atomic mass is 32.2. The molecular formula is C13H25O4S-. The maximum atomic E-state index is 10.9. The van der Waals surface area contributed by atoms with Crippen LogP contribution in [0.3, 0.4) is 0 Å². The molecule has 0 amide bonds. The summed E-state index contributed by atoms with van der Waals surface area (Å²) in [6, 6.07) is 0. The van der Waals surface area contributed by atoms with Crippen molar-refractivity contribution in [1.29, 1.82) is 0 Å². The molecule has 0 radical (unpaired) electrons. The molecule has 0 aromatic rings. The van der Waals surface area contributed by atoms with Crippen molar-refractivity contribution in [1.82, 2.24) is 0 Å². The Morgan fingerprint density at radius 3 is 2.33 bits per heavy atom. The Hall–Kier alpha value is -0.260. The van der Waals surface area contributed by atoms with Gasteiger partial charge in [0.1, 0.15) is 0 Å². The van der Waals surface area contributed by atoms with Crippen molar-refractivity contribution in [2.24, 2.45) is 5.92 Å². The standard InChI is InChI=1S/C13H26O4S/c1-10(2)6-4-3-5-7-12(13(16)17)18-9-11(15)8-14/h10-12,14-15H,3-9H2,1-2H3,(H,16,17)/p-1. The SMILES string of the molecule is CC(C)CCCCCC(SCC(O)CO)C(=O)[O-]. The Morgan fingerprint density at radius 2 is 1.83 bits per heavy atom. The molecule has 108 valence electrons. The Bertz CT molecular complexity index is 221. The van der Waals surface area contributed by atoms with Crippen LogP contribution in [0.25, 0.3) is 0 Å². The molecule has 0 aromatic carbocycles. The zero-order chi connectivity index (χ0) is 14.0. The number of thioether (sulfide) groups is 1. The lowest BCUT2D eigenvalue weighted by Gasteiger charge is -2.18. The molecule has 0 aliphatic heterocycles. The summed E-state index contributed by atoms with van der Waals surface area (Å²) < 4.78 is 0. The number of rotatable bonds is 11. The van der Waals surface area contributed by atoms with E-state index in [9.17, 15) is 15.0 Å². The minimum atomic E-state index is -1.08. The van der Waals surface area contributed by atoms with Crippen LogP contribution in [-0.2, 0) is 4.79 Å². The van der Waals surface area contributed by atoms with Crippen molar-refractivity contribution in [3.63, 3.8) is 0 Å². The number of carboxylic acids is 1. The summed E-state index contributed by atoms with van der Waals surface area (Å²) in [5.74, 6) is -0.147. The minimum Gasteiger partial charge on any atom is -0.549 e. The number of carboxylic acid groups (broad SMARTS) is 1. The van der Waals surface area contributed by atoms with Crippen LogP contribution in [0.1, 0.15) is 46.0 Å². The van der Waals surface area contributed by atoms with Crippen LogP contribution in [-0.4, -0.2) is 39.9 Å². The highest BCUT2D eigenvalue weighted by molar-refractivity contribution is 8.00. The molecule has 0 aliphatic rings. The molecule has 4 nitrogen and oxygen atoms in total. The van der Waals surface area contributed by atoms with E-state index >= 15 is 0 Å². The van der Waals surface area contributed by atoms with Gasteiger partial charge in [0.2, 0.25) is 0 Å². The second kappa shape index (κ2) is 10.6. The largest absolute Gasteiger partial charge is 0.549 e. The van der Waals surface area contributed by atoms with Gasteiger partial charge in [0.15, 0.2) is 0 Å². The first kappa shape index (κ1) is 17.7. The lowest BCUT2D eigenvalue weighted by Crippen LogP contribution is -2.34. The van der Waals surface area contributed by atoms with Crippen LogP contribution < -0.4 is 5.11 Å².